The second kappa shape index (κ2) is 7.92. The molecule has 0 bridgehead atoms. The van der Waals surface area contributed by atoms with Gasteiger partial charge in [-0.15, -0.1) is 0 Å². The number of hydrogen-bond donors (Lipinski definition) is 1. The highest BCUT2D eigenvalue weighted by atomic mass is 32.2. The van der Waals surface area contributed by atoms with Crippen LogP contribution in [0.15, 0.2) is 53.7 Å². The molecule has 2 aromatic carbocycles. The van der Waals surface area contributed by atoms with Crippen LogP contribution in [-0.4, -0.2) is 41.3 Å². The molecular formula is C20H21FN4O3S. The fraction of sp³-hybridized carbons (Fsp3) is 0.300. The summed E-state index contributed by atoms with van der Waals surface area (Å²) in [6.07, 6.45) is 3.57. The van der Waals surface area contributed by atoms with E-state index in [0.717, 1.165) is 18.4 Å². The summed E-state index contributed by atoms with van der Waals surface area (Å²) < 4.78 is 41.7. The van der Waals surface area contributed by atoms with Gasteiger partial charge in [-0.05, 0) is 55.3 Å². The molecule has 1 N–H and O–H groups in total. The lowest BCUT2D eigenvalue weighted by molar-refractivity contribution is -0.116. The fourth-order valence-electron chi connectivity index (χ4n) is 3.44. The Bertz CT molecular complexity index is 1140. The third-order valence-corrected chi connectivity index (χ3v) is 6.90. The van der Waals surface area contributed by atoms with Gasteiger partial charge in [0.15, 0.2) is 0 Å². The highest BCUT2D eigenvalue weighted by molar-refractivity contribution is 7.89. The number of hydrogen-bond acceptors (Lipinski definition) is 4. The van der Waals surface area contributed by atoms with E-state index in [1.54, 1.807) is 24.5 Å². The normalized spacial score (nSPS) is 15.1. The van der Waals surface area contributed by atoms with E-state index >= 15 is 0 Å². The molecule has 2 heterocycles. The molecule has 1 fully saturated rings. The van der Waals surface area contributed by atoms with Crippen LogP contribution >= 0.6 is 0 Å². The monoisotopic (exact) mass is 416 g/mol. The van der Waals surface area contributed by atoms with E-state index in [1.165, 1.54) is 28.6 Å². The number of fused-ring (bicyclic) bond motifs is 1. The number of aromatic nitrogens is 2. The van der Waals surface area contributed by atoms with Crippen LogP contribution in [0.1, 0.15) is 19.3 Å². The van der Waals surface area contributed by atoms with E-state index < -0.39 is 10.0 Å². The number of carbonyl (C=O) groups is 1. The molecule has 152 valence electrons. The van der Waals surface area contributed by atoms with Crippen molar-refractivity contribution in [2.24, 2.45) is 0 Å². The van der Waals surface area contributed by atoms with Gasteiger partial charge in [-0.2, -0.15) is 4.31 Å². The van der Waals surface area contributed by atoms with E-state index in [1.807, 2.05) is 4.57 Å². The van der Waals surface area contributed by atoms with Crippen LogP contribution in [0.5, 0.6) is 0 Å². The van der Waals surface area contributed by atoms with Crippen molar-refractivity contribution in [3.8, 4) is 0 Å². The smallest absolute Gasteiger partial charge is 0.243 e. The van der Waals surface area contributed by atoms with Crippen molar-refractivity contribution in [3.63, 3.8) is 0 Å². The number of imidazole rings is 1. The standard InChI is InChI=1S/C20H21FN4O3S/c21-15-3-5-16(6-4-15)23-20(26)9-12-24-14-22-18-13-17(7-8-19(18)24)29(27,28)25-10-1-2-11-25/h3-8,13-14H,1-2,9-12H2,(H,23,26). The van der Waals surface area contributed by atoms with Crippen molar-refractivity contribution in [3.05, 3.63) is 54.6 Å². The number of amides is 1. The maximum absolute atomic E-state index is 12.9. The first-order valence-electron chi connectivity index (χ1n) is 9.44. The van der Waals surface area contributed by atoms with Gasteiger partial charge >= 0.3 is 0 Å². The molecular weight excluding hydrogens is 395 g/mol. The summed E-state index contributed by atoms with van der Waals surface area (Å²) in [6, 6.07) is 10.5. The SMILES string of the molecule is O=C(CCn1cnc2cc(S(=O)(=O)N3CCCC3)ccc21)Nc1ccc(F)cc1. The second-order valence-electron chi connectivity index (χ2n) is 7.00. The van der Waals surface area contributed by atoms with Gasteiger partial charge in [-0.1, -0.05) is 0 Å². The van der Waals surface area contributed by atoms with Gasteiger partial charge in [-0.25, -0.2) is 17.8 Å². The van der Waals surface area contributed by atoms with Gasteiger partial charge in [0.05, 0.1) is 22.3 Å². The summed E-state index contributed by atoms with van der Waals surface area (Å²) in [5.41, 5.74) is 1.87. The van der Waals surface area contributed by atoms with Crippen LogP contribution in [0.25, 0.3) is 11.0 Å². The number of anilines is 1. The van der Waals surface area contributed by atoms with Crippen molar-refractivity contribution >= 4 is 32.7 Å². The van der Waals surface area contributed by atoms with E-state index in [2.05, 4.69) is 10.3 Å². The van der Waals surface area contributed by atoms with Gasteiger partial charge in [0.1, 0.15) is 5.82 Å². The molecule has 0 aliphatic carbocycles. The Balaban J connectivity index is 1.45. The number of carbonyl (C=O) groups excluding carboxylic acids is 1. The molecule has 1 aromatic heterocycles. The Labute approximate surface area is 168 Å². The van der Waals surface area contributed by atoms with Crippen LogP contribution in [0, 0.1) is 5.82 Å². The topological polar surface area (TPSA) is 84.3 Å². The molecule has 1 aliphatic rings. The van der Waals surface area contributed by atoms with Crippen LogP contribution in [0.2, 0.25) is 0 Å². The first-order chi connectivity index (χ1) is 13.9. The van der Waals surface area contributed by atoms with Crippen molar-refractivity contribution < 1.29 is 17.6 Å². The number of halogens is 1. The number of nitrogens with one attached hydrogen (secondary N) is 1. The molecule has 3 aromatic rings. The maximum atomic E-state index is 12.9. The summed E-state index contributed by atoms with van der Waals surface area (Å²) in [4.78, 5) is 16.7. The quantitative estimate of drug-likeness (QED) is 0.670. The Hall–Kier alpha value is -2.78. The number of nitrogens with zero attached hydrogens (tertiary/aromatic N) is 3. The van der Waals surface area contributed by atoms with Gasteiger partial charge in [0.25, 0.3) is 0 Å². The first kappa shape index (κ1) is 19.5. The van der Waals surface area contributed by atoms with Gasteiger partial charge in [0, 0.05) is 31.7 Å². The van der Waals surface area contributed by atoms with E-state index in [9.17, 15) is 17.6 Å². The zero-order valence-corrected chi connectivity index (χ0v) is 16.5. The highest BCUT2D eigenvalue weighted by Crippen LogP contribution is 2.24. The molecule has 0 radical (unpaired) electrons. The number of rotatable bonds is 6. The zero-order valence-electron chi connectivity index (χ0n) is 15.7. The summed E-state index contributed by atoms with van der Waals surface area (Å²) in [5, 5.41) is 2.72. The Morgan fingerprint density at radius 2 is 1.83 bits per heavy atom. The number of sulfonamides is 1. The van der Waals surface area contributed by atoms with Crippen molar-refractivity contribution in [1.82, 2.24) is 13.9 Å². The second-order valence-corrected chi connectivity index (χ2v) is 8.94. The molecule has 0 spiro atoms. The summed E-state index contributed by atoms with van der Waals surface area (Å²) in [6.45, 7) is 1.50. The van der Waals surface area contributed by atoms with Crippen LogP contribution in [-0.2, 0) is 21.4 Å². The van der Waals surface area contributed by atoms with E-state index in [0.29, 0.717) is 30.8 Å². The molecule has 9 heteroatoms. The van der Waals surface area contributed by atoms with E-state index in [-0.39, 0.29) is 23.0 Å². The average Bonchev–Trinajstić information content (AvgIpc) is 3.38. The van der Waals surface area contributed by atoms with Crippen LogP contribution in [0.4, 0.5) is 10.1 Å². The fourth-order valence-corrected chi connectivity index (χ4v) is 4.98. The zero-order chi connectivity index (χ0) is 20.4. The van der Waals surface area contributed by atoms with Crippen molar-refractivity contribution in [2.75, 3.05) is 18.4 Å². The molecule has 0 saturated carbocycles. The molecule has 0 atom stereocenters. The number of aryl methyl sites for hydroxylation is 1. The van der Waals surface area contributed by atoms with Crippen LogP contribution in [0.3, 0.4) is 0 Å². The van der Waals surface area contributed by atoms with Crippen molar-refractivity contribution in [1.29, 1.82) is 0 Å². The lowest BCUT2D eigenvalue weighted by Crippen LogP contribution is -2.27. The summed E-state index contributed by atoms with van der Waals surface area (Å²) in [5.74, 6) is -0.564. The Morgan fingerprint density at radius 1 is 1.10 bits per heavy atom. The van der Waals surface area contributed by atoms with E-state index in [4.69, 9.17) is 0 Å². The first-order valence-corrected chi connectivity index (χ1v) is 10.9. The summed E-state index contributed by atoms with van der Waals surface area (Å²) in [7, 11) is -3.49. The molecule has 1 aliphatic heterocycles. The minimum absolute atomic E-state index is 0.202. The van der Waals surface area contributed by atoms with Gasteiger partial charge < -0.3 is 9.88 Å². The Kier molecular flexibility index (Phi) is 5.33. The lowest BCUT2D eigenvalue weighted by Gasteiger charge is -2.15. The Morgan fingerprint density at radius 3 is 2.55 bits per heavy atom. The summed E-state index contributed by atoms with van der Waals surface area (Å²) >= 11 is 0. The maximum Gasteiger partial charge on any atom is 0.243 e. The highest BCUT2D eigenvalue weighted by Gasteiger charge is 2.27. The molecule has 1 amide bonds. The molecule has 1 saturated heterocycles. The minimum atomic E-state index is -3.49. The largest absolute Gasteiger partial charge is 0.330 e. The number of benzene rings is 2. The van der Waals surface area contributed by atoms with Gasteiger partial charge in [-0.3, -0.25) is 4.79 Å². The molecule has 7 nitrogen and oxygen atoms in total. The predicted octanol–water partition coefficient (Wildman–Crippen LogP) is 2.99. The minimum Gasteiger partial charge on any atom is -0.330 e. The third kappa shape index (κ3) is 4.15. The average molecular weight is 416 g/mol. The lowest BCUT2D eigenvalue weighted by atomic mass is 10.3. The van der Waals surface area contributed by atoms with Crippen molar-refractivity contribution in [2.45, 2.75) is 30.7 Å². The molecule has 4 rings (SSSR count). The third-order valence-electron chi connectivity index (χ3n) is 5.00. The molecule has 0 unspecified atom stereocenters. The predicted molar refractivity (Wildman–Crippen MR) is 107 cm³/mol. The van der Waals surface area contributed by atoms with Gasteiger partial charge in [0.2, 0.25) is 15.9 Å². The molecule has 29 heavy (non-hydrogen) atoms. The van der Waals surface area contributed by atoms with Crippen LogP contribution < -0.4 is 5.32 Å².